The maximum absolute atomic E-state index is 13.6. The lowest BCUT2D eigenvalue weighted by molar-refractivity contribution is -0.140. The molecule has 10 heteroatoms. The number of methoxy groups -OCH3 is 1. The number of fused-ring (bicyclic) bond motifs is 1. The molecule has 0 N–H and O–H groups in total. The molecule has 0 aliphatic carbocycles. The van der Waals surface area contributed by atoms with Gasteiger partial charge < -0.3 is 19.1 Å². The lowest BCUT2D eigenvalue weighted by Crippen LogP contribution is -2.48. The van der Waals surface area contributed by atoms with Crippen LogP contribution < -0.4 is 0 Å². The molecule has 4 heterocycles. The molecule has 2 fully saturated rings. The van der Waals surface area contributed by atoms with E-state index in [1.54, 1.807) is 41.6 Å². The van der Waals surface area contributed by atoms with Gasteiger partial charge >= 0.3 is 0 Å². The number of hydrogen-bond acceptors (Lipinski definition) is 5. The first-order chi connectivity index (χ1) is 19.0. The molecule has 5 rings (SSSR count). The zero-order chi connectivity index (χ0) is 29.0. The third-order valence-corrected chi connectivity index (χ3v) is 8.18. The lowest BCUT2D eigenvalue weighted by Gasteiger charge is -2.34. The largest absolute Gasteiger partial charge is 0.379 e. The fraction of sp³-hybridized carbons (Fsp3) is 0.467. The van der Waals surface area contributed by atoms with Crippen molar-refractivity contribution in [2.45, 2.75) is 58.1 Å². The van der Waals surface area contributed by atoms with Crippen molar-refractivity contribution in [1.29, 1.82) is 0 Å². The Bertz CT molecular complexity index is 1380. The first kappa shape index (κ1) is 29.9. The molecular formula is C30H36BrFN4O4. The van der Waals surface area contributed by atoms with E-state index in [2.05, 4.69) is 20.9 Å². The molecule has 8 nitrogen and oxygen atoms in total. The van der Waals surface area contributed by atoms with Gasteiger partial charge in [-0.05, 0) is 86.6 Å². The summed E-state index contributed by atoms with van der Waals surface area (Å²) in [5, 5.41) is 0.794. The van der Waals surface area contributed by atoms with Gasteiger partial charge in [0.25, 0.3) is 0 Å². The molecule has 40 heavy (non-hydrogen) atoms. The zero-order valence-electron chi connectivity index (χ0n) is 23.4. The second kappa shape index (κ2) is 12.6. The Hall–Kier alpha value is -3.11. The van der Waals surface area contributed by atoms with Gasteiger partial charge in [0, 0.05) is 60.5 Å². The number of ether oxygens (including phenoxy) is 1. The molecule has 2 aliphatic heterocycles. The molecule has 2 saturated heterocycles. The second-order valence-electron chi connectivity index (χ2n) is 11.2. The van der Waals surface area contributed by atoms with Gasteiger partial charge in [-0.2, -0.15) is 0 Å². The van der Waals surface area contributed by atoms with Crippen LogP contribution in [0.1, 0.15) is 56.8 Å². The van der Waals surface area contributed by atoms with Gasteiger partial charge in [0.05, 0.1) is 23.0 Å². The summed E-state index contributed by atoms with van der Waals surface area (Å²) in [5.74, 6) is -0.523. The quantitative estimate of drug-likeness (QED) is 0.284. The number of pyridine rings is 1. The molecule has 0 saturated carbocycles. The molecule has 1 unspecified atom stereocenters. The highest BCUT2D eigenvalue weighted by Gasteiger charge is 2.36. The number of carbonyl (C=O) groups is 3. The van der Waals surface area contributed by atoms with Gasteiger partial charge in [0.15, 0.2) is 5.78 Å². The number of rotatable bonds is 5. The molecule has 2 amide bonds. The third-order valence-electron chi connectivity index (χ3n) is 7.55. The van der Waals surface area contributed by atoms with Gasteiger partial charge in [-0.3, -0.25) is 19.4 Å². The van der Waals surface area contributed by atoms with E-state index in [9.17, 15) is 18.8 Å². The van der Waals surface area contributed by atoms with E-state index in [0.29, 0.717) is 48.9 Å². The molecule has 1 atom stereocenters. The molecule has 0 spiro atoms. The van der Waals surface area contributed by atoms with E-state index in [4.69, 9.17) is 4.74 Å². The number of Topliss-reactive ketones (excluding diaryl/α,β-unsaturated/α-hetero) is 1. The number of ketones is 1. The van der Waals surface area contributed by atoms with Crippen LogP contribution in [0, 0.1) is 11.7 Å². The van der Waals surface area contributed by atoms with Gasteiger partial charge in [-0.15, -0.1) is 0 Å². The maximum Gasteiger partial charge on any atom is 0.245 e. The van der Waals surface area contributed by atoms with E-state index in [-0.39, 0.29) is 35.1 Å². The fourth-order valence-electron chi connectivity index (χ4n) is 5.12. The molecule has 1 aromatic carbocycles. The van der Waals surface area contributed by atoms with Gasteiger partial charge in [0.1, 0.15) is 11.9 Å². The summed E-state index contributed by atoms with van der Waals surface area (Å²) in [7, 11) is 1.71. The minimum absolute atomic E-state index is 0.0145. The van der Waals surface area contributed by atoms with Crippen molar-refractivity contribution < 1.29 is 23.5 Å². The Morgan fingerprint density at radius 2 is 1.82 bits per heavy atom. The predicted octanol–water partition coefficient (Wildman–Crippen LogP) is 5.40. The van der Waals surface area contributed by atoms with Crippen LogP contribution in [0.25, 0.3) is 16.6 Å². The second-order valence-corrected chi connectivity index (χ2v) is 12.0. The summed E-state index contributed by atoms with van der Waals surface area (Å²) >= 11 is 3.42. The van der Waals surface area contributed by atoms with Crippen LogP contribution in [0.5, 0.6) is 0 Å². The van der Waals surface area contributed by atoms with Gasteiger partial charge in [0.2, 0.25) is 12.3 Å². The van der Waals surface area contributed by atoms with Crippen molar-refractivity contribution in [3.05, 3.63) is 58.7 Å². The summed E-state index contributed by atoms with van der Waals surface area (Å²) in [6.07, 6.45) is 8.61. The number of amides is 2. The Labute approximate surface area is 242 Å². The van der Waals surface area contributed by atoms with E-state index >= 15 is 0 Å². The van der Waals surface area contributed by atoms with Crippen LogP contribution in [-0.4, -0.2) is 75.8 Å². The van der Waals surface area contributed by atoms with E-state index < -0.39 is 0 Å². The summed E-state index contributed by atoms with van der Waals surface area (Å²) in [4.78, 5) is 45.3. The smallest absolute Gasteiger partial charge is 0.245 e. The van der Waals surface area contributed by atoms with E-state index in [1.165, 1.54) is 12.1 Å². The minimum Gasteiger partial charge on any atom is -0.379 e. The number of piperidine rings is 1. The van der Waals surface area contributed by atoms with Gasteiger partial charge in [-0.1, -0.05) is 0 Å². The number of likely N-dealkylation sites (tertiary alicyclic amines) is 2. The number of hydrogen-bond donors (Lipinski definition) is 0. The molecule has 0 bridgehead atoms. The van der Waals surface area contributed by atoms with Crippen molar-refractivity contribution in [3.63, 3.8) is 0 Å². The Morgan fingerprint density at radius 1 is 1.12 bits per heavy atom. The highest BCUT2D eigenvalue weighted by atomic mass is 79.9. The summed E-state index contributed by atoms with van der Waals surface area (Å²) < 4.78 is 21.0. The highest BCUT2D eigenvalue weighted by Crippen LogP contribution is 2.32. The van der Waals surface area contributed by atoms with Gasteiger partial charge in [-0.25, -0.2) is 4.39 Å². The predicted molar refractivity (Wildman–Crippen MR) is 155 cm³/mol. The van der Waals surface area contributed by atoms with Crippen LogP contribution in [-0.2, 0) is 14.3 Å². The fourth-order valence-corrected chi connectivity index (χ4v) is 5.66. The summed E-state index contributed by atoms with van der Waals surface area (Å²) in [6, 6.07) is 5.89. The van der Waals surface area contributed by atoms with Crippen LogP contribution in [0.2, 0.25) is 0 Å². The first-order valence-electron chi connectivity index (χ1n) is 13.5. The summed E-state index contributed by atoms with van der Waals surface area (Å²) in [5.41, 5.74) is 2.12. The number of carbonyl (C=O) groups excluding carboxylic acids is 3. The van der Waals surface area contributed by atoms with Crippen molar-refractivity contribution in [3.8, 4) is 5.69 Å². The van der Waals surface area contributed by atoms with E-state index in [0.717, 1.165) is 29.4 Å². The van der Waals surface area contributed by atoms with Crippen LogP contribution >= 0.6 is 15.9 Å². The topological polar surface area (TPSA) is 84.7 Å². The Morgan fingerprint density at radius 3 is 2.45 bits per heavy atom. The van der Waals surface area contributed by atoms with Crippen molar-refractivity contribution in [2.75, 3.05) is 26.7 Å². The normalized spacial score (nSPS) is 18.0. The van der Waals surface area contributed by atoms with Crippen molar-refractivity contribution in [2.24, 2.45) is 5.92 Å². The molecule has 2 aliphatic rings. The molecule has 3 aromatic rings. The monoisotopic (exact) mass is 614 g/mol. The number of benzene rings is 1. The standard InChI is InChI=1S/C25H24BrFN4O3.C5H12O/c26-20-12-17(27)3-4-21(20)31-14-19(18-5-8-28-13-23(18)31)24(33)16-6-10-29(11-7-16)25(34)22-2-1-9-30(22)15-32;1-5(2,3)6-4/h3-5,8,12-16,22H,1-2,6-7,9-11H2;1-4H3. The van der Waals surface area contributed by atoms with Crippen LogP contribution in [0.3, 0.4) is 0 Å². The molecule has 0 radical (unpaired) electrons. The molecule has 2 aromatic heterocycles. The van der Waals surface area contributed by atoms with Crippen LogP contribution in [0.15, 0.2) is 47.3 Å². The van der Waals surface area contributed by atoms with E-state index in [1.807, 2.05) is 31.4 Å². The number of aromatic nitrogens is 2. The average Bonchev–Trinajstić information content (AvgIpc) is 3.58. The summed E-state index contributed by atoms with van der Waals surface area (Å²) in [6.45, 7) is 7.69. The molecule has 214 valence electrons. The van der Waals surface area contributed by atoms with Crippen molar-refractivity contribution in [1.82, 2.24) is 19.4 Å². The Kier molecular flexibility index (Phi) is 9.41. The number of halogens is 2. The lowest BCUT2D eigenvalue weighted by atomic mass is 9.88. The van der Waals surface area contributed by atoms with Crippen LogP contribution in [0.4, 0.5) is 4.39 Å². The maximum atomic E-state index is 13.6. The Balaban J connectivity index is 0.000000557. The highest BCUT2D eigenvalue weighted by molar-refractivity contribution is 9.10. The van der Waals surface area contributed by atoms with Crippen molar-refractivity contribution >= 4 is 44.9 Å². The first-order valence-corrected chi connectivity index (χ1v) is 14.3. The molecular weight excluding hydrogens is 579 g/mol. The third kappa shape index (κ3) is 6.61. The average molecular weight is 616 g/mol. The zero-order valence-corrected chi connectivity index (χ0v) is 25.0. The number of nitrogens with zero attached hydrogens (tertiary/aromatic N) is 4. The minimum atomic E-state index is -0.371. The SMILES string of the molecule is COC(C)(C)C.O=CN1CCCC1C(=O)N1CCC(C(=O)c2cn(-c3ccc(F)cc3Br)c3cnccc23)CC1.